The molecule has 92 valence electrons. The predicted molar refractivity (Wildman–Crippen MR) is 58.8 cm³/mol. The summed E-state index contributed by atoms with van der Waals surface area (Å²) in [5.74, 6) is -0.529. The van der Waals surface area contributed by atoms with E-state index >= 15 is 0 Å². The molecule has 1 heterocycles. The fourth-order valence-electron chi connectivity index (χ4n) is 1.28. The summed E-state index contributed by atoms with van der Waals surface area (Å²) in [5, 5.41) is 17.8. The summed E-state index contributed by atoms with van der Waals surface area (Å²) >= 11 is 0. The van der Waals surface area contributed by atoms with Gasteiger partial charge in [0, 0.05) is 6.54 Å². The average molecular weight is 237 g/mol. The van der Waals surface area contributed by atoms with Crippen LogP contribution in [0.3, 0.4) is 0 Å². The lowest BCUT2D eigenvalue weighted by Gasteiger charge is -2.26. The molecule has 1 N–H and O–H groups in total. The molecule has 17 heavy (non-hydrogen) atoms. The Labute approximate surface area is 99.7 Å². The Kier molecular flexibility index (Phi) is 3.68. The number of nitrogens with zero attached hydrogens (tertiary/aromatic N) is 4. The highest BCUT2D eigenvalue weighted by molar-refractivity contribution is 5.93. The van der Waals surface area contributed by atoms with Crippen LogP contribution in [0.4, 0.5) is 0 Å². The van der Waals surface area contributed by atoms with Crippen molar-refractivity contribution in [1.29, 1.82) is 5.26 Å². The zero-order chi connectivity index (χ0) is 13.1. The van der Waals surface area contributed by atoms with E-state index in [0.29, 0.717) is 6.54 Å². The Balaban J connectivity index is 3.02. The minimum atomic E-state index is -0.718. The zero-order valence-corrected chi connectivity index (χ0v) is 10.3. The Morgan fingerprint density at radius 1 is 1.59 bits per heavy atom. The molecule has 1 aliphatic rings. The second-order valence-electron chi connectivity index (χ2n) is 4.75. The van der Waals surface area contributed by atoms with Crippen LogP contribution in [0.25, 0.3) is 0 Å². The van der Waals surface area contributed by atoms with E-state index in [9.17, 15) is 4.79 Å². The number of nitriles is 1. The molecule has 0 radical (unpaired) electrons. The number of hydrogen-bond donors (Lipinski definition) is 1. The number of carbonyl (C=O) groups is 1. The van der Waals surface area contributed by atoms with Crippen molar-refractivity contribution in [2.45, 2.75) is 20.8 Å². The lowest BCUT2D eigenvalue weighted by atomic mass is 9.96. The molecule has 0 fully saturated rings. The molecule has 0 spiro atoms. The summed E-state index contributed by atoms with van der Waals surface area (Å²) in [6, 6.07) is 1.78. The third kappa shape index (κ3) is 3.17. The van der Waals surface area contributed by atoms with E-state index in [4.69, 9.17) is 5.26 Å². The molecule has 0 aromatic heterocycles. The number of ether oxygens (including phenoxy) is 1. The fraction of sp³-hybridized carbons (Fsp3) is 0.600. The lowest BCUT2D eigenvalue weighted by Crippen LogP contribution is -2.37. The van der Waals surface area contributed by atoms with Gasteiger partial charge in [0.05, 0.1) is 7.11 Å². The van der Waals surface area contributed by atoms with Crippen LogP contribution in [0.2, 0.25) is 0 Å². The smallest absolute Gasteiger partial charge is 0.352 e. The van der Waals surface area contributed by atoms with Gasteiger partial charge in [0.15, 0.2) is 11.4 Å². The third-order valence-corrected chi connectivity index (χ3v) is 1.92. The summed E-state index contributed by atoms with van der Waals surface area (Å²) in [6.45, 7) is 6.62. The molecule has 0 unspecified atom stereocenters. The molecular formula is C10H15N5O2. The molecule has 0 aromatic carbocycles. The largest absolute Gasteiger partial charge is 0.465 e. The topological polar surface area (TPSA) is 90.1 Å². The van der Waals surface area contributed by atoms with Crippen LogP contribution in [0.1, 0.15) is 20.8 Å². The van der Waals surface area contributed by atoms with Gasteiger partial charge >= 0.3 is 5.97 Å². The number of rotatable bonds is 2. The highest BCUT2D eigenvalue weighted by Gasteiger charge is 2.27. The molecule has 0 saturated heterocycles. The van der Waals surface area contributed by atoms with E-state index < -0.39 is 5.97 Å². The van der Waals surface area contributed by atoms with Gasteiger partial charge in [0.1, 0.15) is 6.07 Å². The maximum atomic E-state index is 11.4. The maximum Gasteiger partial charge on any atom is 0.352 e. The molecule has 0 bridgehead atoms. The number of hydrazine groups is 1. The number of carbonyl (C=O) groups excluding carboxylic acids is 1. The number of hydrogen-bond acceptors (Lipinski definition) is 7. The summed E-state index contributed by atoms with van der Waals surface area (Å²) < 4.78 is 4.52. The first-order chi connectivity index (χ1) is 7.89. The van der Waals surface area contributed by atoms with E-state index in [-0.39, 0.29) is 16.8 Å². The number of methoxy groups -OCH3 is 1. The zero-order valence-electron chi connectivity index (χ0n) is 10.3. The minimum Gasteiger partial charge on any atom is -0.465 e. The van der Waals surface area contributed by atoms with E-state index in [2.05, 4.69) is 20.6 Å². The van der Waals surface area contributed by atoms with E-state index in [1.165, 1.54) is 7.11 Å². The highest BCUT2D eigenvalue weighted by atomic mass is 16.5. The summed E-state index contributed by atoms with van der Waals surface area (Å²) in [6.07, 6.45) is 0. The van der Waals surface area contributed by atoms with Crippen LogP contribution < -0.4 is 5.53 Å². The second-order valence-corrected chi connectivity index (χ2v) is 4.75. The Morgan fingerprint density at radius 3 is 2.71 bits per heavy atom. The first-order valence-electron chi connectivity index (χ1n) is 5.05. The Bertz CT molecular complexity index is 413. The quantitative estimate of drug-likeness (QED) is 0.441. The maximum absolute atomic E-state index is 11.4. The SMILES string of the molecule is COC(=O)/C(C#N)=C1\N=NNN1CC(C)(C)C. The second kappa shape index (κ2) is 4.82. The molecule has 1 rings (SSSR count). The molecule has 0 amide bonds. The van der Waals surface area contributed by atoms with Gasteiger partial charge in [-0.1, -0.05) is 26.0 Å². The van der Waals surface area contributed by atoms with Crippen LogP contribution in [0.5, 0.6) is 0 Å². The standard InChI is InChI=1S/C10H15N5O2/c1-10(2,3)6-15-8(12-13-14-15)7(5-11)9(16)17-4/h6H2,1-4H3,(H,12,14)/b8-7+. The van der Waals surface area contributed by atoms with E-state index in [1.54, 1.807) is 11.1 Å². The van der Waals surface area contributed by atoms with Crippen LogP contribution >= 0.6 is 0 Å². The Morgan fingerprint density at radius 2 is 2.24 bits per heavy atom. The van der Waals surface area contributed by atoms with Crippen molar-refractivity contribution in [2.24, 2.45) is 15.8 Å². The van der Waals surface area contributed by atoms with E-state index in [0.717, 1.165) is 0 Å². The summed E-state index contributed by atoms with van der Waals surface area (Å²) in [4.78, 5) is 11.4. The summed E-state index contributed by atoms with van der Waals surface area (Å²) in [5.41, 5.74) is 2.43. The molecule has 0 atom stereocenters. The number of nitrogens with one attached hydrogen (secondary N) is 1. The van der Waals surface area contributed by atoms with Crippen LogP contribution in [0, 0.1) is 16.7 Å². The molecule has 0 aliphatic carbocycles. The summed E-state index contributed by atoms with van der Waals surface area (Å²) in [7, 11) is 1.22. The fourth-order valence-corrected chi connectivity index (χ4v) is 1.28. The first-order valence-corrected chi connectivity index (χ1v) is 5.05. The Hall–Kier alpha value is -2.10. The monoisotopic (exact) mass is 237 g/mol. The molecular weight excluding hydrogens is 222 g/mol. The predicted octanol–water partition coefficient (Wildman–Crippen LogP) is 1.13. The van der Waals surface area contributed by atoms with Gasteiger partial charge in [-0.05, 0) is 5.41 Å². The highest BCUT2D eigenvalue weighted by Crippen LogP contribution is 2.22. The lowest BCUT2D eigenvalue weighted by molar-refractivity contribution is -0.135. The van der Waals surface area contributed by atoms with Gasteiger partial charge in [0.2, 0.25) is 0 Å². The van der Waals surface area contributed by atoms with Crippen molar-refractivity contribution < 1.29 is 9.53 Å². The van der Waals surface area contributed by atoms with Gasteiger partial charge in [-0.15, -0.1) is 5.11 Å². The number of esters is 1. The molecule has 7 nitrogen and oxygen atoms in total. The van der Waals surface area contributed by atoms with Crippen LogP contribution in [-0.2, 0) is 9.53 Å². The third-order valence-electron chi connectivity index (χ3n) is 1.92. The van der Waals surface area contributed by atoms with Gasteiger partial charge in [-0.25, -0.2) is 9.80 Å². The normalized spacial score (nSPS) is 17.5. The first kappa shape index (κ1) is 13.0. The van der Waals surface area contributed by atoms with Crippen molar-refractivity contribution in [3.05, 3.63) is 11.4 Å². The van der Waals surface area contributed by atoms with Gasteiger partial charge in [0.25, 0.3) is 0 Å². The van der Waals surface area contributed by atoms with Gasteiger partial charge in [-0.2, -0.15) is 10.8 Å². The van der Waals surface area contributed by atoms with Gasteiger partial charge in [-0.3, -0.25) is 0 Å². The van der Waals surface area contributed by atoms with Crippen LogP contribution in [-0.4, -0.2) is 24.6 Å². The van der Waals surface area contributed by atoms with Crippen molar-refractivity contribution >= 4 is 5.97 Å². The van der Waals surface area contributed by atoms with Crippen molar-refractivity contribution in [3.8, 4) is 6.07 Å². The minimum absolute atomic E-state index is 0.0374. The van der Waals surface area contributed by atoms with Crippen molar-refractivity contribution in [1.82, 2.24) is 10.5 Å². The molecule has 0 aromatic rings. The molecule has 0 saturated carbocycles. The van der Waals surface area contributed by atoms with E-state index in [1.807, 2.05) is 20.8 Å². The average Bonchev–Trinajstić information content (AvgIpc) is 2.64. The van der Waals surface area contributed by atoms with Crippen molar-refractivity contribution in [3.63, 3.8) is 0 Å². The van der Waals surface area contributed by atoms with Crippen LogP contribution in [0.15, 0.2) is 21.7 Å². The van der Waals surface area contributed by atoms with Crippen molar-refractivity contribution in [2.75, 3.05) is 13.7 Å². The molecule has 7 heteroatoms. The molecule has 1 aliphatic heterocycles. The van der Waals surface area contributed by atoms with Gasteiger partial charge < -0.3 is 4.74 Å².